The quantitative estimate of drug-likeness (QED) is 0.121. The third-order valence-corrected chi connectivity index (χ3v) is 12.3. The van der Waals surface area contributed by atoms with E-state index in [1.807, 2.05) is 38.2 Å². The Morgan fingerprint density at radius 1 is 0.621 bits per heavy atom. The third kappa shape index (κ3) is 5.74. The van der Waals surface area contributed by atoms with E-state index in [2.05, 4.69) is 29.5 Å². The molecule has 8 aromatic rings. The molecule has 4 aliphatic rings. The molecule has 2 unspecified atom stereocenters. The molecule has 6 aromatic heterocycles. The predicted octanol–water partition coefficient (Wildman–Crippen LogP) is 9.37. The van der Waals surface area contributed by atoms with Gasteiger partial charge in [-0.15, -0.1) is 0 Å². The molecule has 6 heterocycles. The summed E-state index contributed by atoms with van der Waals surface area (Å²) >= 11 is 0. The van der Waals surface area contributed by atoms with Crippen molar-refractivity contribution < 1.29 is 17.6 Å². The summed E-state index contributed by atoms with van der Waals surface area (Å²) in [5, 5.41) is 0. The number of nitrogens with zero attached hydrogens (tertiary/aromatic N) is 10. The van der Waals surface area contributed by atoms with Gasteiger partial charge in [0.05, 0.1) is 61.0 Å². The number of halogens is 4. The fourth-order valence-electron chi connectivity index (χ4n) is 8.89. The highest BCUT2D eigenvalue weighted by atomic mass is 19.1. The summed E-state index contributed by atoms with van der Waals surface area (Å²) in [6.07, 6.45) is 15.5. The summed E-state index contributed by atoms with van der Waals surface area (Å²) < 4.78 is 69.4. The van der Waals surface area contributed by atoms with Gasteiger partial charge in [-0.05, 0) is 105 Å². The van der Waals surface area contributed by atoms with E-state index in [-0.39, 0.29) is 34.9 Å². The lowest BCUT2D eigenvalue weighted by atomic mass is 10.0. The van der Waals surface area contributed by atoms with Crippen LogP contribution >= 0.6 is 0 Å². The normalized spacial score (nSPS) is 19.2. The van der Waals surface area contributed by atoms with Gasteiger partial charge in [0, 0.05) is 58.5 Å². The number of benzene rings is 2. The van der Waals surface area contributed by atoms with Gasteiger partial charge in [-0.3, -0.25) is 0 Å². The Morgan fingerprint density at radius 2 is 1.34 bits per heavy atom. The smallest absolute Gasteiger partial charge is 0.177 e. The zero-order valence-corrected chi connectivity index (χ0v) is 31.2. The van der Waals surface area contributed by atoms with Crippen LogP contribution in [-0.2, 0) is 13.1 Å². The Hall–Kier alpha value is -6.18. The first kappa shape index (κ1) is 33.9. The molecule has 12 rings (SSSR count). The Balaban J connectivity index is 0.808. The topological polar surface area (TPSA) is 97.1 Å². The molecule has 14 heteroatoms. The van der Waals surface area contributed by atoms with Crippen LogP contribution in [0.4, 0.5) is 17.6 Å². The molecule has 0 aliphatic heterocycles. The van der Waals surface area contributed by atoms with E-state index < -0.39 is 23.3 Å². The standard InChI is InChI=1S/C44H36F4N10/c45-26-5-9-33(46)31(12-26)39-41(24-1-2-24)55(19-51-39)17-23-11-38-43(49-16-23)53-22-58(38)37-15-30(37)29-13-35(48)32(14-34(29)47)40-42(25-3-4-25)56(20-52-40)18-27-6-10-36-44(54-27)57(21-50-36)28-7-8-28/h5-6,9-14,16,19-22,24-25,28,30,37H,1-4,7-8,15,17-18H2. The van der Waals surface area contributed by atoms with Crippen molar-refractivity contribution in [2.24, 2.45) is 0 Å². The molecule has 0 N–H and O–H groups in total. The summed E-state index contributed by atoms with van der Waals surface area (Å²) in [7, 11) is 0. The van der Waals surface area contributed by atoms with E-state index in [4.69, 9.17) is 4.98 Å². The number of pyridine rings is 2. The first-order valence-corrected chi connectivity index (χ1v) is 20.0. The van der Waals surface area contributed by atoms with Gasteiger partial charge in [-0.1, -0.05) is 0 Å². The highest BCUT2D eigenvalue weighted by molar-refractivity contribution is 5.73. The Labute approximate surface area is 329 Å². The minimum absolute atomic E-state index is 0.123. The Morgan fingerprint density at radius 3 is 2.09 bits per heavy atom. The molecule has 4 fully saturated rings. The Kier molecular flexibility index (Phi) is 7.40. The molecule has 0 radical (unpaired) electrons. The van der Waals surface area contributed by atoms with Crippen LogP contribution in [0.1, 0.15) is 103 Å². The van der Waals surface area contributed by atoms with Gasteiger partial charge in [0.15, 0.2) is 11.3 Å². The van der Waals surface area contributed by atoms with Crippen LogP contribution < -0.4 is 0 Å². The molecule has 4 aliphatic carbocycles. The number of imidazole rings is 4. The summed E-state index contributed by atoms with van der Waals surface area (Å²) in [6.45, 7) is 0.904. The van der Waals surface area contributed by atoms with Crippen LogP contribution in [0.15, 0.2) is 80.0 Å². The monoisotopic (exact) mass is 780 g/mol. The lowest BCUT2D eigenvalue weighted by Gasteiger charge is -2.12. The molecular formula is C44H36F4N10. The van der Waals surface area contributed by atoms with Gasteiger partial charge in [-0.2, -0.15) is 0 Å². The van der Waals surface area contributed by atoms with Crippen LogP contribution in [0.5, 0.6) is 0 Å². The maximum Gasteiger partial charge on any atom is 0.177 e. The summed E-state index contributed by atoms with van der Waals surface area (Å²) in [6, 6.07) is 12.4. The fourth-order valence-corrected chi connectivity index (χ4v) is 8.89. The second kappa shape index (κ2) is 12.7. The van der Waals surface area contributed by atoms with E-state index in [1.165, 1.54) is 18.2 Å². The van der Waals surface area contributed by atoms with E-state index >= 15 is 8.78 Å². The van der Waals surface area contributed by atoms with Crippen molar-refractivity contribution in [3.8, 4) is 22.5 Å². The van der Waals surface area contributed by atoms with Crippen LogP contribution in [-0.4, -0.2) is 48.2 Å². The SMILES string of the molecule is Fc1ccc(F)c(-c2ncn(Cc3cnc4ncn(C5CC5c5cc(F)c(-c6ncn(Cc7ccc8ncn(C9CC9)c8n7)c6C6CC6)cc5F)c4c3)c2C2CC2)c1. The van der Waals surface area contributed by atoms with Gasteiger partial charge in [0.25, 0.3) is 0 Å². The molecule has 4 saturated carbocycles. The number of fused-ring (bicyclic) bond motifs is 2. The van der Waals surface area contributed by atoms with Crippen molar-refractivity contribution in [2.75, 3.05) is 0 Å². The van der Waals surface area contributed by atoms with Crippen molar-refractivity contribution in [3.63, 3.8) is 0 Å². The zero-order valence-electron chi connectivity index (χ0n) is 31.2. The second-order valence-electron chi connectivity index (χ2n) is 16.5. The minimum Gasteiger partial charge on any atom is -0.329 e. The van der Waals surface area contributed by atoms with E-state index in [0.29, 0.717) is 48.2 Å². The highest BCUT2D eigenvalue weighted by Gasteiger charge is 2.43. The first-order valence-electron chi connectivity index (χ1n) is 20.0. The molecule has 10 nitrogen and oxygen atoms in total. The van der Waals surface area contributed by atoms with Crippen LogP contribution in [0, 0.1) is 23.3 Å². The summed E-state index contributed by atoms with van der Waals surface area (Å²) in [5.41, 5.74) is 8.23. The average molecular weight is 781 g/mol. The third-order valence-electron chi connectivity index (χ3n) is 12.3. The lowest BCUT2D eigenvalue weighted by Crippen LogP contribution is -2.06. The van der Waals surface area contributed by atoms with Crippen molar-refractivity contribution in [3.05, 3.63) is 132 Å². The molecule has 2 aromatic carbocycles. The molecule has 0 saturated heterocycles. The van der Waals surface area contributed by atoms with Crippen LogP contribution in [0.2, 0.25) is 0 Å². The molecule has 0 bridgehead atoms. The van der Waals surface area contributed by atoms with Crippen molar-refractivity contribution in [2.45, 2.75) is 87.9 Å². The van der Waals surface area contributed by atoms with Crippen molar-refractivity contribution in [1.82, 2.24) is 48.2 Å². The van der Waals surface area contributed by atoms with E-state index in [9.17, 15) is 8.78 Å². The van der Waals surface area contributed by atoms with Crippen molar-refractivity contribution in [1.29, 1.82) is 0 Å². The number of rotatable bonds is 11. The highest BCUT2D eigenvalue weighted by Crippen LogP contribution is 2.54. The molecule has 58 heavy (non-hydrogen) atoms. The van der Waals surface area contributed by atoms with Gasteiger partial charge < -0.3 is 18.3 Å². The number of aromatic nitrogens is 10. The maximum atomic E-state index is 16.2. The molecule has 0 spiro atoms. The van der Waals surface area contributed by atoms with Gasteiger partial charge >= 0.3 is 0 Å². The molecule has 0 amide bonds. The van der Waals surface area contributed by atoms with Crippen LogP contribution in [0.25, 0.3) is 44.8 Å². The fraction of sp³-hybridized carbons (Fsp3) is 0.318. The number of hydrogen-bond acceptors (Lipinski definition) is 6. The minimum atomic E-state index is -0.515. The molecule has 290 valence electrons. The Bertz CT molecular complexity index is 2950. The van der Waals surface area contributed by atoms with Crippen LogP contribution in [0.3, 0.4) is 0 Å². The van der Waals surface area contributed by atoms with Gasteiger partial charge in [0.2, 0.25) is 0 Å². The lowest BCUT2D eigenvalue weighted by molar-refractivity contribution is 0.582. The average Bonchev–Trinajstić information content (AvgIpc) is 4.09. The largest absolute Gasteiger partial charge is 0.329 e. The predicted molar refractivity (Wildman–Crippen MR) is 207 cm³/mol. The van der Waals surface area contributed by atoms with Gasteiger partial charge in [0.1, 0.15) is 28.8 Å². The summed E-state index contributed by atoms with van der Waals surface area (Å²) in [5.74, 6) is -1.78. The summed E-state index contributed by atoms with van der Waals surface area (Å²) in [4.78, 5) is 27.8. The molecule has 2 atom stereocenters. The first-order chi connectivity index (χ1) is 28.3. The van der Waals surface area contributed by atoms with E-state index in [0.717, 1.165) is 90.0 Å². The zero-order chi connectivity index (χ0) is 38.8. The molecular weight excluding hydrogens is 745 g/mol. The number of hydrogen-bond donors (Lipinski definition) is 0. The van der Waals surface area contributed by atoms with Gasteiger partial charge in [-0.25, -0.2) is 47.5 Å². The second-order valence-corrected chi connectivity index (χ2v) is 16.5. The van der Waals surface area contributed by atoms with E-state index in [1.54, 1.807) is 25.2 Å². The van der Waals surface area contributed by atoms with Crippen molar-refractivity contribution >= 4 is 22.3 Å². The maximum absolute atomic E-state index is 16.2.